The molecule has 0 fully saturated rings. The zero-order valence-corrected chi connectivity index (χ0v) is 8.93. The summed E-state index contributed by atoms with van der Waals surface area (Å²) in [4.78, 5) is 0. The summed E-state index contributed by atoms with van der Waals surface area (Å²) in [7, 11) is 0. The van der Waals surface area contributed by atoms with Crippen LogP contribution in [0.5, 0.6) is 0 Å². The summed E-state index contributed by atoms with van der Waals surface area (Å²) < 4.78 is 5.09. The normalized spacial score (nSPS) is 13.2. The number of hydrogen-bond donors (Lipinski definition) is 1. The quantitative estimate of drug-likeness (QED) is 0.789. The highest BCUT2D eigenvalue weighted by Crippen LogP contribution is 2.19. The zero-order chi connectivity index (χ0) is 9.68. The highest BCUT2D eigenvalue weighted by atomic mass is 32.2. The Hall–Kier alpha value is -0.480. The van der Waals surface area contributed by atoms with Crippen molar-refractivity contribution in [2.75, 3.05) is 6.54 Å². The molecule has 2 N–H and O–H groups in total. The van der Waals surface area contributed by atoms with Crippen LogP contribution in [-0.4, -0.2) is 17.0 Å². The van der Waals surface area contributed by atoms with Crippen LogP contribution >= 0.6 is 11.8 Å². The van der Waals surface area contributed by atoms with Crippen LogP contribution < -0.4 is 5.73 Å². The second-order valence-corrected chi connectivity index (χ2v) is 4.56. The predicted molar refractivity (Wildman–Crippen MR) is 55.7 cm³/mol. The Morgan fingerprint density at radius 1 is 1.69 bits per heavy atom. The van der Waals surface area contributed by atoms with Crippen molar-refractivity contribution < 1.29 is 4.52 Å². The van der Waals surface area contributed by atoms with Gasteiger partial charge in [0.15, 0.2) is 0 Å². The third-order valence-corrected chi connectivity index (χ3v) is 3.02. The second kappa shape index (κ2) is 5.29. The third-order valence-electron chi connectivity index (χ3n) is 1.76. The van der Waals surface area contributed by atoms with E-state index in [-0.39, 0.29) is 0 Å². The maximum absolute atomic E-state index is 5.45. The molecule has 0 aliphatic rings. The molecule has 0 bridgehead atoms. The lowest BCUT2D eigenvalue weighted by Gasteiger charge is -2.06. The molecule has 0 spiro atoms. The first-order valence-electron chi connectivity index (χ1n) is 4.46. The number of rotatable bonds is 5. The van der Waals surface area contributed by atoms with Gasteiger partial charge in [0.25, 0.3) is 0 Å². The van der Waals surface area contributed by atoms with Gasteiger partial charge in [0.2, 0.25) is 0 Å². The fourth-order valence-corrected chi connectivity index (χ4v) is 1.91. The molecule has 0 aliphatic carbocycles. The minimum Gasteiger partial charge on any atom is -0.360 e. The molecular formula is C9H16N2OS. The molecular weight excluding hydrogens is 184 g/mol. The number of aryl methyl sites for hydroxylation is 1. The van der Waals surface area contributed by atoms with Crippen LogP contribution in [0, 0.1) is 6.92 Å². The summed E-state index contributed by atoms with van der Waals surface area (Å²) >= 11 is 1.85. The van der Waals surface area contributed by atoms with Crippen molar-refractivity contribution in [3.63, 3.8) is 0 Å². The first-order valence-corrected chi connectivity index (χ1v) is 5.51. The topological polar surface area (TPSA) is 52.0 Å². The summed E-state index contributed by atoms with van der Waals surface area (Å²) in [5, 5.41) is 4.42. The van der Waals surface area contributed by atoms with Crippen molar-refractivity contribution in [1.29, 1.82) is 0 Å². The molecule has 1 heterocycles. The van der Waals surface area contributed by atoms with Crippen LogP contribution in [0.1, 0.15) is 24.8 Å². The number of thioether (sulfide) groups is 1. The average molecular weight is 200 g/mol. The Morgan fingerprint density at radius 2 is 2.46 bits per heavy atom. The molecule has 0 amide bonds. The molecule has 1 unspecified atom stereocenters. The van der Waals surface area contributed by atoms with Crippen molar-refractivity contribution in [1.82, 2.24) is 5.16 Å². The first-order chi connectivity index (χ1) is 6.22. The van der Waals surface area contributed by atoms with Crippen molar-refractivity contribution in [2.45, 2.75) is 31.3 Å². The van der Waals surface area contributed by atoms with Gasteiger partial charge in [-0.2, -0.15) is 11.8 Å². The lowest BCUT2D eigenvalue weighted by Crippen LogP contribution is -2.07. The van der Waals surface area contributed by atoms with E-state index < -0.39 is 0 Å². The predicted octanol–water partition coefficient (Wildman–Crippen LogP) is 1.95. The van der Waals surface area contributed by atoms with Crippen molar-refractivity contribution in [3.8, 4) is 0 Å². The van der Waals surface area contributed by atoms with Crippen molar-refractivity contribution in [2.24, 2.45) is 5.73 Å². The van der Waals surface area contributed by atoms with Gasteiger partial charge in [-0.1, -0.05) is 12.1 Å². The number of nitrogens with zero attached hydrogens (tertiary/aromatic N) is 1. The second-order valence-electron chi connectivity index (χ2n) is 3.13. The van der Waals surface area contributed by atoms with Crippen molar-refractivity contribution >= 4 is 11.8 Å². The Kier molecular flexibility index (Phi) is 4.32. The molecule has 3 nitrogen and oxygen atoms in total. The molecule has 4 heteroatoms. The number of aromatic nitrogens is 1. The molecule has 0 aliphatic heterocycles. The van der Waals surface area contributed by atoms with E-state index in [1.165, 1.54) is 0 Å². The van der Waals surface area contributed by atoms with Gasteiger partial charge in [-0.05, 0) is 19.9 Å². The zero-order valence-electron chi connectivity index (χ0n) is 8.12. The Labute approximate surface area is 83.0 Å². The monoisotopic (exact) mass is 200 g/mol. The van der Waals surface area contributed by atoms with E-state index in [4.69, 9.17) is 10.3 Å². The molecule has 1 atom stereocenters. The van der Waals surface area contributed by atoms with E-state index in [9.17, 15) is 0 Å². The largest absolute Gasteiger partial charge is 0.360 e. The minimum absolute atomic E-state index is 0.593. The maximum Gasteiger partial charge on any atom is 0.146 e. The maximum atomic E-state index is 5.45. The summed E-state index contributed by atoms with van der Waals surface area (Å²) in [6.07, 6.45) is 1.05. The van der Waals surface area contributed by atoms with Crippen LogP contribution in [-0.2, 0) is 5.75 Å². The van der Waals surface area contributed by atoms with E-state index >= 15 is 0 Å². The molecule has 74 valence electrons. The van der Waals surface area contributed by atoms with E-state index in [2.05, 4.69) is 12.1 Å². The molecule has 0 aromatic carbocycles. The smallest absolute Gasteiger partial charge is 0.146 e. The van der Waals surface area contributed by atoms with Gasteiger partial charge in [0, 0.05) is 11.3 Å². The van der Waals surface area contributed by atoms with E-state index in [0.717, 1.165) is 30.2 Å². The summed E-state index contributed by atoms with van der Waals surface area (Å²) in [5.41, 5.74) is 6.40. The minimum atomic E-state index is 0.593. The van der Waals surface area contributed by atoms with Gasteiger partial charge in [0.05, 0.1) is 11.4 Å². The van der Waals surface area contributed by atoms with Gasteiger partial charge in [-0.15, -0.1) is 0 Å². The molecule has 1 rings (SSSR count). The van der Waals surface area contributed by atoms with E-state index in [1.807, 2.05) is 24.8 Å². The van der Waals surface area contributed by atoms with Crippen LogP contribution in [0.25, 0.3) is 0 Å². The van der Waals surface area contributed by atoms with Gasteiger partial charge in [-0.3, -0.25) is 0 Å². The van der Waals surface area contributed by atoms with Crippen LogP contribution in [0.15, 0.2) is 10.6 Å². The summed E-state index contributed by atoms with van der Waals surface area (Å²) in [6, 6.07) is 1.97. The lowest BCUT2D eigenvalue weighted by molar-refractivity contribution is 0.391. The molecule has 0 saturated heterocycles. The Balaban J connectivity index is 2.26. The lowest BCUT2D eigenvalue weighted by atomic mass is 10.3. The fraction of sp³-hybridized carbons (Fsp3) is 0.667. The van der Waals surface area contributed by atoms with Gasteiger partial charge in [-0.25, -0.2) is 0 Å². The SMILES string of the molecule is Cc1cc(CSC(C)CCN)on1. The van der Waals surface area contributed by atoms with Crippen LogP contribution in [0.3, 0.4) is 0 Å². The third kappa shape index (κ3) is 3.83. The Bertz CT molecular complexity index is 250. The highest BCUT2D eigenvalue weighted by molar-refractivity contribution is 7.99. The number of hydrogen-bond acceptors (Lipinski definition) is 4. The van der Waals surface area contributed by atoms with Gasteiger partial charge in [0.1, 0.15) is 5.76 Å². The fourth-order valence-electron chi connectivity index (χ4n) is 1.03. The average Bonchev–Trinajstić information content (AvgIpc) is 2.49. The standard InChI is InChI=1S/C9H16N2OS/c1-7-5-9(12-11-7)6-13-8(2)3-4-10/h5,8H,3-4,6,10H2,1-2H3. The van der Waals surface area contributed by atoms with Gasteiger partial charge < -0.3 is 10.3 Å². The van der Waals surface area contributed by atoms with Crippen LogP contribution in [0.4, 0.5) is 0 Å². The molecule has 0 saturated carbocycles. The molecule has 1 aromatic rings. The summed E-state index contributed by atoms with van der Waals surface area (Å²) in [5.74, 6) is 1.84. The molecule has 13 heavy (non-hydrogen) atoms. The van der Waals surface area contributed by atoms with Gasteiger partial charge >= 0.3 is 0 Å². The summed E-state index contributed by atoms with van der Waals surface area (Å²) in [6.45, 7) is 4.87. The highest BCUT2D eigenvalue weighted by Gasteiger charge is 2.05. The van der Waals surface area contributed by atoms with E-state index in [0.29, 0.717) is 5.25 Å². The van der Waals surface area contributed by atoms with Crippen LogP contribution in [0.2, 0.25) is 0 Å². The number of nitrogens with two attached hydrogens (primary N) is 1. The van der Waals surface area contributed by atoms with E-state index in [1.54, 1.807) is 0 Å². The molecule has 0 radical (unpaired) electrons. The van der Waals surface area contributed by atoms with Crippen molar-refractivity contribution in [3.05, 3.63) is 17.5 Å². The Morgan fingerprint density at radius 3 is 3.00 bits per heavy atom. The first kappa shape index (κ1) is 10.6. The molecule has 1 aromatic heterocycles.